The number of nitrogens with two attached hydrogens (primary N) is 1. The normalized spacial score (nSPS) is 10.3. The van der Waals surface area contributed by atoms with Crippen molar-refractivity contribution in [1.29, 1.82) is 0 Å². The number of rotatable bonds is 3. The average Bonchev–Trinajstić information content (AvgIpc) is 2.43. The molecule has 1 amide bonds. The molecule has 1 heterocycles. The number of hydrazine groups is 1. The molecule has 0 unspecified atom stereocenters. The van der Waals surface area contributed by atoms with E-state index in [0.29, 0.717) is 6.07 Å². The van der Waals surface area contributed by atoms with Gasteiger partial charge in [-0.15, -0.1) is 0 Å². The quantitative estimate of drug-likeness (QED) is 0.566. The van der Waals surface area contributed by atoms with Gasteiger partial charge >= 0.3 is 0 Å². The highest BCUT2D eigenvalue weighted by molar-refractivity contribution is 9.10. The zero-order valence-electron chi connectivity index (χ0n) is 10.3. The van der Waals surface area contributed by atoms with Crippen LogP contribution in [0.2, 0.25) is 5.02 Å². The summed E-state index contributed by atoms with van der Waals surface area (Å²) in [7, 11) is 0. The van der Waals surface area contributed by atoms with Gasteiger partial charge in [0.05, 0.1) is 10.7 Å². The molecule has 2 aromatic rings. The van der Waals surface area contributed by atoms with Crippen molar-refractivity contribution in [3.05, 3.63) is 51.1 Å². The number of anilines is 2. The summed E-state index contributed by atoms with van der Waals surface area (Å²) < 4.78 is 26.7. The molecule has 0 fully saturated rings. The lowest BCUT2D eigenvalue weighted by Gasteiger charge is -2.10. The zero-order valence-corrected chi connectivity index (χ0v) is 12.6. The first kappa shape index (κ1) is 15.6. The van der Waals surface area contributed by atoms with Gasteiger partial charge in [-0.3, -0.25) is 4.79 Å². The van der Waals surface area contributed by atoms with Crippen molar-refractivity contribution in [2.24, 2.45) is 5.84 Å². The Bertz CT molecular complexity index is 691. The maximum absolute atomic E-state index is 13.7. The average molecular weight is 378 g/mol. The van der Waals surface area contributed by atoms with Crippen LogP contribution in [0, 0.1) is 11.6 Å². The minimum atomic E-state index is -0.931. The fourth-order valence-electron chi connectivity index (χ4n) is 1.52. The van der Waals surface area contributed by atoms with Gasteiger partial charge in [-0.25, -0.2) is 19.6 Å². The second-order valence-corrected chi connectivity index (χ2v) is 5.13. The molecular formula is C12H8BrClF2N4O. The van der Waals surface area contributed by atoms with Crippen LogP contribution in [0.25, 0.3) is 0 Å². The van der Waals surface area contributed by atoms with Gasteiger partial charge in [-0.2, -0.15) is 0 Å². The van der Waals surface area contributed by atoms with Crippen molar-refractivity contribution in [1.82, 2.24) is 4.98 Å². The second-order valence-electron chi connectivity index (χ2n) is 3.87. The third-order valence-corrected chi connectivity index (χ3v) is 3.38. The summed E-state index contributed by atoms with van der Waals surface area (Å²) in [6.45, 7) is 0. The standard InChI is InChI=1S/C12H8BrClF2N4O/c13-6-3-5(15)4-8(16)10(6)19-12(21)11-7(14)1-2-9(18-11)20-17/h1-4H,17H2,(H,18,20)(H,19,21). The Hall–Kier alpha value is -1.77. The lowest BCUT2D eigenvalue weighted by Crippen LogP contribution is -2.18. The van der Waals surface area contributed by atoms with Crippen molar-refractivity contribution in [2.45, 2.75) is 0 Å². The van der Waals surface area contributed by atoms with Gasteiger partial charge in [-0.05, 0) is 34.1 Å². The van der Waals surface area contributed by atoms with Gasteiger partial charge in [0.2, 0.25) is 0 Å². The Morgan fingerprint density at radius 2 is 2.05 bits per heavy atom. The molecule has 21 heavy (non-hydrogen) atoms. The summed E-state index contributed by atoms with van der Waals surface area (Å²) in [5.74, 6) is 2.93. The van der Waals surface area contributed by atoms with Crippen LogP contribution in [-0.4, -0.2) is 10.9 Å². The summed E-state index contributed by atoms with van der Waals surface area (Å²) in [5, 5.41) is 2.33. The van der Waals surface area contributed by atoms with E-state index in [4.69, 9.17) is 17.4 Å². The van der Waals surface area contributed by atoms with Crippen LogP contribution in [0.5, 0.6) is 0 Å². The van der Waals surface area contributed by atoms with Gasteiger partial charge < -0.3 is 10.7 Å². The molecule has 1 aromatic carbocycles. The van der Waals surface area contributed by atoms with Crippen molar-refractivity contribution in [3.8, 4) is 0 Å². The predicted molar refractivity (Wildman–Crippen MR) is 79.1 cm³/mol. The number of pyridine rings is 1. The van der Waals surface area contributed by atoms with E-state index >= 15 is 0 Å². The van der Waals surface area contributed by atoms with E-state index in [1.165, 1.54) is 12.1 Å². The van der Waals surface area contributed by atoms with Gasteiger partial charge in [0.1, 0.15) is 17.3 Å². The van der Waals surface area contributed by atoms with E-state index in [1.54, 1.807) is 0 Å². The number of aromatic nitrogens is 1. The van der Waals surface area contributed by atoms with E-state index in [0.717, 1.165) is 6.07 Å². The van der Waals surface area contributed by atoms with Crippen LogP contribution in [0.4, 0.5) is 20.3 Å². The van der Waals surface area contributed by atoms with E-state index in [2.05, 4.69) is 31.7 Å². The third-order valence-electron chi connectivity index (χ3n) is 2.45. The number of nitrogen functional groups attached to an aromatic ring is 1. The minimum absolute atomic E-state index is 0.0533. The summed E-state index contributed by atoms with van der Waals surface area (Å²) in [6, 6.07) is 4.54. The topological polar surface area (TPSA) is 80.0 Å². The van der Waals surface area contributed by atoms with Crippen molar-refractivity contribution in [2.75, 3.05) is 10.7 Å². The molecule has 1 aromatic heterocycles. The molecule has 0 bridgehead atoms. The minimum Gasteiger partial charge on any atom is -0.317 e. The predicted octanol–water partition coefficient (Wildman–Crippen LogP) is 3.31. The fraction of sp³-hybridized carbons (Fsp3) is 0. The van der Waals surface area contributed by atoms with Crippen molar-refractivity contribution in [3.63, 3.8) is 0 Å². The van der Waals surface area contributed by atoms with E-state index in [-0.39, 0.29) is 26.7 Å². The maximum Gasteiger partial charge on any atom is 0.276 e. The number of hydrogen-bond donors (Lipinski definition) is 3. The maximum atomic E-state index is 13.7. The highest BCUT2D eigenvalue weighted by atomic mass is 79.9. The Kier molecular flexibility index (Phi) is 4.71. The molecule has 0 spiro atoms. The molecule has 0 aliphatic carbocycles. The Labute approximate surface area is 131 Å². The van der Waals surface area contributed by atoms with E-state index in [1.807, 2.05) is 0 Å². The van der Waals surface area contributed by atoms with Gasteiger partial charge in [0.25, 0.3) is 5.91 Å². The van der Waals surface area contributed by atoms with Crippen LogP contribution < -0.4 is 16.6 Å². The van der Waals surface area contributed by atoms with Crippen LogP contribution >= 0.6 is 27.5 Å². The molecule has 4 N–H and O–H groups in total. The molecule has 0 aliphatic heterocycles. The highest BCUT2D eigenvalue weighted by Gasteiger charge is 2.17. The summed E-state index contributed by atoms with van der Waals surface area (Å²) in [6.07, 6.45) is 0. The number of benzene rings is 1. The lowest BCUT2D eigenvalue weighted by atomic mass is 10.2. The largest absolute Gasteiger partial charge is 0.317 e. The van der Waals surface area contributed by atoms with Gasteiger partial charge in [-0.1, -0.05) is 11.6 Å². The second kappa shape index (κ2) is 6.33. The first-order valence-electron chi connectivity index (χ1n) is 5.51. The van der Waals surface area contributed by atoms with E-state index in [9.17, 15) is 13.6 Å². The molecule has 0 radical (unpaired) electrons. The first-order chi connectivity index (χ1) is 9.92. The van der Waals surface area contributed by atoms with Crippen molar-refractivity contribution >= 4 is 44.9 Å². The Morgan fingerprint density at radius 3 is 2.67 bits per heavy atom. The number of carbonyl (C=O) groups excluding carboxylic acids is 1. The monoisotopic (exact) mass is 376 g/mol. The lowest BCUT2D eigenvalue weighted by molar-refractivity contribution is 0.102. The smallest absolute Gasteiger partial charge is 0.276 e. The summed E-state index contributed by atoms with van der Waals surface area (Å²) >= 11 is 8.83. The first-order valence-corrected chi connectivity index (χ1v) is 6.68. The van der Waals surface area contributed by atoms with Crippen LogP contribution in [0.1, 0.15) is 10.5 Å². The Balaban J connectivity index is 2.35. The summed E-state index contributed by atoms with van der Waals surface area (Å²) in [5.41, 5.74) is 1.89. The van der Waals surface area contributed by atoms with Crippen molar-refractivity contribution < 1.29 is 13.6 Å². The Morgan fingerprint density at radius 1 is 1.33 bits per heavy atom. The van der Waals surface area contributed by atoms with Crippen LogP contribution in [0.3, 0.4) is 0 Å². The molecule has 9 heteroatoms. The molecular weight excluding hydrogens is 370 g/mol. The van der Waals surface area contributed by atoms with Crippen LogP contribution in [-0.2, 0) is 0 Å². The van der Waals surface area contributed by atoms with Gasteiger partial charge in [0, 0.05) is 10.5 Å². The molecule has 0 saturated heterocycles. The number of carbonyl (C=O) groups is 1. The van der Waals surface area contributed by atoms with Gasteiger partial charge in [0.15, 0.2) is 5.82 Å². The molecule has 110 valence electrons. The fourth-order valence-corrected chi connectivity index (χ4v) is 2.21. The number of hydrogen-bond acceptors (Lipinski definition) is 4. The molecule has 0 aliphatic rings. The molecule has 2 rings (SSSR count). The molecule has 5 nitrogen and oxygen atoms in total. The SMILES string of the molecule is NNc1ccc(Cl)c(C(=O)Nc2c(F)cc(F)cc2Br)n1. The molecule has 0 saturated carbocycles. The zero-order chi connectivity index (χ0) is 15.6. The number of halogens is 4. The third kappa shape index (κ3) is 3.46. The summed E-state index contributed by atoms with van der Waals surface area (Å²) in [4.78, 5) is 16.0. The molecule has 0 atom stereocenters. The number of amides is 1. The number of nitrogens with one attached hydrogen (secondary N) is 2. The number of nitrogens with zero attached hydrogens (tertiary/aromatic N) is 1. The van der Waals surface area contributed by atoms with Crippen LogP contribution in [0.15, 0.2) is 28.7 Å². The van der Waals surface area contributed by atoms with E-state index < -0.39 is 17.5 Å². The highest BCUT2D eigenvalue weighted by Crippen LogP contribution is 2.28.